The summed E-state index contributed by atoms with van der Waals surface area (Å²) in [7, 11) is 1.29. The normalized spacial score (nSPS) is 11.9. The van der Waals surface area contributed by atoms with Gasteiger partial charge in [0.05, 0.1) is 7.11 Å². The standard InChI is InChI=1S/C12H13BrO5/c1-18-10(14)6-5-7-8(11(15)12(16)17)3-2-4-9(7)13/h2-4,11,15H,5-6H2,1H3,(H,16,17). The molecule has 0 radical (unpaired) electrons. The van der Waals surface area contributed by atoms with Crippen molar-refractivity contribution in [1.82, 2.24) is 0 Å². The molecular formula is C12H13BrO5. The zero-order valence-corrected chi connectivity index (χ0v) is 11.3. The molecule has 0 aliphatic heterocycles. The number of aliphatic hydroxyl groups excluding tert-OH is 1. The van der Waals surface area contributed by atoms with E-state index in [1.54, 1.807) is 12.1 Å². The van der Waals surface area contributed by atoms with Crippen LogP contribution in [0.5, 0.6) is 0 Å². The van der Waals surface area contributed by atoms with Gasteiger partial charge in [-0.15, -0.1) is 0 Å². The van der Waals surface area contributed by atoms with E-state index in [1.165, 1.54) is 13.2 Å². The fraction of sp³-hybridized carbons (Fsp3) is 0.333. The van der Waals surface area contributed by atoms with Gasteiger partial charge in [-0.3, -0.25) is 4.79 Å². The number of esters is 1. The number of methoxy groups -OCH3 is 1. The highest BCUT2D eigenvalue weighted by Gasteiger charge is 2.21. The topological polar surface area (TPSA) is 83.8 Å². The number of carbonyl (C=O) groups excluding carboxylic acids is 1. The molecule has 18 heavy (non-hydrogen) atoms. The summed E-state index contributed by atoms with van der Waals surface area (Å²) in [6.07, 6.45) is -1.18. The number of halogens is 1. The highest BCUT2D eigenvalue weighted by atomic mass is 79.9. The fourth-order valence-corrected chi connectivity index (χ4v) is 2.14. The second kappa shape index (κ2) is 6.51. The number of ether oxygens (including phenoxy) is 1. The quantitative estimate of drug-likeness (QED) is 0.807. The molecule has 2 N–H and O–H groups in total. The fourth-order valence-electron chi connectivity index (χ4n) is 1.56. The number of hydrogen-bond donors (Lipinski definition) is 2. The Bertz CT molecular complexity index is 458. The molecule has 1 unspecified atom stereocenters. The van der Waals surface area contributed by atoms with Crippen LogP contribution in [0.4, 0.5) is 0 Å². The molecule has 1 aromatic rings. The van der Waals surface area contributed by atoms with E-state index in [-0.39, 0.29) is 18.0 Å². The molecule has 0 saturated heterocycles. The minimum Gasteiger partial charge on any atom is -0.479 e. The molecule has 1 atom stereocenters. The van der Waals surface area contributed by atoms with Gasteiger partial charge in [-0.1, -0.05) is 28.1 Å². The summed E-state index contributed by atoms with van der Waals surface area (Å²) < 4.78 is 5.18. The minimum atomic E-state index is -1.60. The van der Waals surface area contributed by atoms with Crippen molar-refractivity contribution in [2.75, 3.05) is 7.11 Å². The summed E-state index contributed by atoms with van der Waals surface area (Å²) in [4.78, 5) is 21.9. The van der Waals surface area contributed by atoms with Crippen LogP contribution >= 0.6 is 15.9 Å². The largest absolute Gasteiger partial charge is 0.479 e. The van der Waals surface area contributed by atoms with Crippen molar-refractivity contribution < 1.29 is 24.5 Å². The lowest BCUT2D eigenvalue weighted by Gasteiger charge is -2.13. The molecule has 1 aromatic carbocycles. The third-order valence-corrected chi connectivity index (χ3v) is 3.23. The van der Waals surface area contributed by atoms with Crippen molar-refractivity contribution in [2.45, 2.75) is 18.9 Å². The maximum absolute atomic E-state index is 11.1. The average molecular weight is 317 g/mol. The Kier molecular flexibility index (Phi) is 5.30. The van der Waals surface area contributed by atoms with Crippen molar-refractivity contribution >= 4 is 27.9 Å². The smallest absolute Gasteiger partial charge is 0.337 e. The summed E-state index contributed by atoms with van der Waals surface area (Å²) in [6, 6.07) is 4.88. The van der Waals surface area contributed by atoms with Gasteiger partial charge in [0.15, 0.2) is 6.10 Å². The minimum absolute atomic E-state index is 0.123. The zero-order valence-electron chi connectivity index (χ0n) is 9.72. The van der Waals surface area contributed by atoms with E-state index >= 15 is 0 Å². The summed E-state index contributed by atoms with van der Waals surface area (Å²) >= 11 is 3.28. The molecule has 0 aliphatic rings. The number of carboxylic acids is 1. The van der Waals surface area contributed by atoms with Gasteiger partial charge in [0, 0.05) is 10.9 Å². The molecule has 0 saturated carbocycles. The molecule has 0 amide bonds. The summed E-state index contributed by atoms with van der Waals surface area (Å²) in [5, 5.41) is 18.4. The lowest BCUT2D eigenvalue weighted by molar-refractivity contribution is -0.147. The van der Waals surface area contributed by atoms with Crippen molar-refractivity contribution in [1.29, 1.82) is 0 Å². The highest BCUT2D eigenvalue weighted by molar-refractivity contribution is 9.10. The summed E-state index contributed by atoms with van der Waals surface area (Å²) in [5.74, 6) is -1.71. The second-order valence-electron chi connectivity index (χ2n) is 3.62. The van der Waals surface area contributed by atoms with Crippen LogP contribution in [0, 0.1) is 0 Å². The van der Waals surface area contributed by atoms with Gasteiger partial charge in [0.2, 0.25) is 0 Å². The maximum atomic E-state index is 11.1. The molecular weight excluding hydrogens is 304 g/mol. The van der Waals surface area contributed by atoms with Gasteiger partial charge >= 0.3 is 11.9 Å². The van der Waals surface area contributed by atoms with Gasteiger partial charge in [0.1, 0.15) is 0 Å². The van der Waals surface area contributed by atoms with Crippen molar-refractivity contribution in [3.8, 4) is 0 Å². The molecule has 0 spiro atoms. The van der Waals surface area contributed by atoms with E-state index in [2.05, 4.69) is 20.7 Å². The van der Waals surface area contributed by atoms with Crippen LogP contribution < -0.4 is 0 Å². The predicted octanol–water partition coefficient (Wildman–Crippen LogP) is 1.67. The Morgan fingerprint density at radius 3 is 2.67 bits per heavy atom. The molecule has 0 heterocycles. The molecule has 0 fully saturated rings. The Morgan fingerprint density at radius 1 is 1.44 bits per heavy atom. The van der Waals surface area contributed by atoms with E-state index in [1.807, 2.05) is 0 Å². The van der Waals surface area contributed by atoms with E-state index in [0.717, 1.165) is 0 Å². The van der Waals surface area contributed by atoms with E-state index in [9.17, 15) is 14.7 Å². The van der Waals surface area contributed by atoms with Crippen LogP contribution in [0.15, 0.2) is 22.7 Å². The van der Waals surface area contributed by atoms with Crippen LogP contribution in [0.3, 0.4) is 0 Å². The number of carboxylic acid groups (broad SMARTS) is 1. The number of carbonyl (C=O) groups is 2. The number of aliphatic carboxylic acids is 1. The Balaban J connectivity index is 3.01. The van der Waals surface area contributed by atoms with Gasteiger partial charge in [-0.25, -0.2) is 4.79 Å². The molecule has 0 aromatic heterocycles. The first-order chi connectivity index (χ1) is 8.47. The highest BCUT2D eigenvalue weighted by Crippen LogP contribution is 2.27. The SMILES string of the molecule is COC(=O)CCc1c(Br)cccc1C(O)C(=O)O. The lowest BCUT2D eigenvalue weighted by atomic mass is 9.98. The molecule has 1 rings (SSSR count). The third-order valence-electron chi connectivity index (χ3n) is 2.49. The molecule has 0 bridgehead atoms. The zero-order chi connectivity index (χ0) is 13.7. The van der Waals surface area contributed by atoms with E-state index < -0.39 is 12.1 Å². The molecule has 6 heteroatoms. The first-order valence-corrected chi connectivity index (χ1v) is 6.01. The van der Waals surface area contributed by atoms with Crippen LogP contribution in [-0.2, 0) is 20.7 Å². The van der Waals surface area contributed by atoms with Crippen molar-refractivity contribution in [2.24, 2.45) is 0 Å². The Hall–Kier alpha value is -1.40. The van der Waals surface area contributed by atoms with Gasteiger partial charge in [-0.2, -0.15) is 0 Å². The van der Waals surface area contributed by atoms with E-state index in [0.29, 0.717) is 16.5 Å². The molecule has 5 nitrogen and oxygen atoms in total. The monoisotopic (exact) mass is 316 g/mol. The van der Waals surface area contributed by atoms with E-state index in [4.69, 9.17) is 5.11 Å². The summed E-state index contributed by atoms with van der Waals surface area (Å²) in [5.41, 5.74) is 0.874. The number of benzene rings is 1. The summed E-state index contributed by atoms with van der Waals surface area (Å²) in [6.45, 7) is 0. The lowest BCUT2D eigenvalue weighted by Crippen LogP contribution is -2.14. The average Bonchev–Trinajstić information content (AvgIpc) is 2.35. The molecule has 0 aliphatic carbocycles. The van der Waals surface area contributed by atoms with Crippen LogP contribution in [0.1, 0.15) is 23.7 Å². The predicted molar refractivity (Wildman–Crippen MR) is 67.1 cm³/mol. The Labute approximate surface area is 113 Å². The third kappa shape index (κ3) is 3.54. The Morgan fingerprint density at radius 2 is 2.11 bits per heavy atom. The van der Waals surface area contributed by atoms with Crippen LogP contribution in [0.2, 0.25) is 0 Å². The first-order valence-electron chi connectivity index (χ1n) is 5.22. The van der Waals surface area contributed by atoms with Gasteiger partial charge in [-0.05, 0) is 23.6 Å². The molecule has 98 valence electrons. The van der Waals surface area contributed by atoms with Crippen LogP contribution in [-0.4, -0.2) is 29.3 Å². The van der Waals surface area contributed by atoms with Crippen molar-refractivity contribution in [3.63, 3.8) is 0 Å². The van der Waals surface area contributed by atoms with Gasteiger partial charge < -0.3 is 14.9 Å². The van der Waals surface area contributed by atoms with Gasteiger partial charge in [0.25, 0.3) is 0 Å². The van der Waals surface area contributed by atoms with Crippen LogP contribution in [0.25, 0.3) is 0 Å². The number of rotatable bonds is 5. The number of hydrogen-bond acceptors (Lipinski definition) is 4. The maximum Gasteiger partial charge on any atom is 0.337 e. The first kappa shape index (κ1) is 14.7. The second-order valence-corrected chi connectivity index (χ2v) is 4.48. The number of aliphatic hydroxyl groups is 1. The van der Waals surface area contributed by atoms with Crippen molar-refractivity contribution in [3.05, 3.63) is 33.8 Å².